The maximum atomic E-state index is 2.83. The minimum atomic E-state index is -0.131. The summed E-state index contributed by atoms with van der Waals surface area (Å²) in [6, 6.07) is 86.7. The molecular weight excluding hydrogens is 1600 g/mol. The quantitative estimate of drug-likeness (QED) is 0.134. The molecule has 0 fully saturated rings. The van der Waals surface area contributed by atoms with E-state index in [1.54, 1.807) is 5.56 Å². The molecule has 12 aromatic carbocycles. The standard InChI is InChI=1S/C121H130B2N4S2/c1-71-34-37-76(38-35-71)82-43-36-72(2)58-99(82)127-98-47-40-78(113(9,10)11)64-95(98)123-107-101(60-74(4)62-103(107)127)125(108-84-67-89-91(69-104(84)128-110(108)123)118(20,21)51-50-117(89,18)19)80-42-45-87-92(66-80)120(24,54-52-115(87,14)15)56-57-121(25)55-53-119(22,23)90-68-85-105(70-93(90)121)129-111-109(85)124(79-41-44-86-88(65-79)116(16,17)49-48-114(86,12)13)100-59-73(3)61-102-106(100)122(111)94-63-77(112(6,7)8)39-46-97(94)126(102)96-33-29-28-32-83(96)81-31-27-26-30-75(81)5/h26-47,58-70H,48-57H2,1-25H3. The molecule has 0 radical (unpaired) electrons. The number of thiophene rings is 2. The lowest BCUT2D eigenvalue weighted by molar-refractivity contribution is 0.238. The number of benzene rings is 12. The summed E-state index contributed by atoms with van der Waals surface area (Å²) in [5.41, 5.74) is 46.8. The van der Waals surface area contributed by atoms with Crippen molar-refractivity contribution in [2.75, 3.05) is 19.6 Å². The first-order valence-corrected chi connectivity index (χ1v) is 50.2. The van der Waals surface area contributed by atoms with Crippen molar-refractivity contribution in [3.63, 3.8) is 0 Å². The molecule has 14 aromatic rings. The van der Waals surface area contributed by atoms with Crippen LogP contribution >= 0.6 is 22.7 Å². The van der Waals surface area contributed by atoms with Gasteiger partial charge in [-0.1, -0.05) is 259 Å². The van der Waals surface area contributed by atoms with Gasteiger partial charge in [0.05, 0.1) is 22.7 Å². The lowest BCUT2D eigenvalue weighted by Gasteiger charge is -2.48. The molecule has 4 nitrogen and oxygen atoms in total. The molecule has 4 aliphatic heterocycles. The maximum absolute atomic E-state index is 2.83. The van der Waals surface area contributed by atoms with Gasteiger partial charge in [0.25, 0.3) is 13.4 Å². The van der Waals surface area contributed by atoms with Gasteiger partial charge >= 0.3 is 0 Å². The molecular formula is C121H130B2N4S2. The summed E-state index contributed by atoms with van der Waals surface area (Å²) in [6.45, 7) is 61.6. The van der Waals surface area contributed by atoms with Crippen molar-refractivity contribution in [3.8, 4) is 22.3 Å². The molecule has 8 heteroatoms. The second-order valence-electron chi connectivity index (χ2n) is 47.7. The molecule has 0 saturated heterocycles. The highest BCUT2D eigenvalue weighted by atomic mass is 32.1. The zero-order valence-electron chi connectivity index (χ0n) is 81.5. The van der Waals surface area contributed by atoms with E-state index < -0.39 is 0 Å². The first-order valence-electron chi connectivity index (χ1n) is 48.6. The molecule has 0 bridgehead atoms. The van der Waals surface area contributed by atoms with Gasteiger partial charge in [0.1, 0.15) is 0 Å². The van der Waals surface area contributed by atoms with Crippen LogP contribution in [0.5, 0.6) is 0 Å². The molecule has 0 N–H and O–H groups in total. The van der Waals surface area contributed by atoms with E-state index in [4.69, 9.17) is 0 Å². The molecule has 4 aliphatic carbocycles. The number of hydrogen-bond acceptors (Lipinski definition) is 6. The molecule has 129 heavy (non-hydrogen) atoms. The van der Waals surface area contributed by atoms with Gasteiger partial charge in [-0.25, -0.2) is 0 Å². The Morgan fingerprint density at radius 3 is 1.16 bits per heavy atom. The Bertz CT molecular complexity index is 7120. The lowest BCUT2D eigenvalue weighted by Crippen LogP contribution is -2.60. The van der Waals surface area contributed by atoms with Gasteiger partial charge in [-0.2, -0.15) is 0 Å². The number of nitrogens with zero attached hydrogens (tertiary/aromatic N) is 4. The third-order valence-corrected chi connectivity index (χ3v) is 36.2. The average molecular weight is 1730 g/mol. The second kappa shape index (κ2) is 28.5. The smallest absolute Gasteiger partial charge is 0.264 e. The molecule has 6 heterocycles. The van der Waals surface area contributed by atoms with E-state index >= 15 is 0 Å². The van der Waals surface area contributed by atoms with E-state index in [2.05, 4.69) is 428 Å². The Morgan fingerprint density at radius 1 is 0.295 bits per heavy atom. The van der Waals surface area contributed by atoms with Crippen LogP contribution < -0.4 is 51.0 Å². The van der Waals surface area contributed by atoms with Crippen LogP contribution in [0.25, 0.3) is 42.4 Å². The van der Waals surface area contributed by atoms with Crippen molar-refractivity contribution in [1.29, 1.82) is 0 Å². The third kappa shape index (κ3) is 12.9. The number of aryl methyl sites for hydroxylation is 5. The van der Waals surface area contributed by atoms with Gasteiger partial charge in [0, 0.05) is 86.4 Å². The molecule has 22 rings (SSSR count). The Kier molecular flexibility index (Phi) is 18.6. The zero-order chi connectivity index (χ0) is 90.4. The van der Waals surface area contributed by atoms with E-state index in [-0.39, 0.29) is 67.6 Å². The van der Waals surface area contributed by atoms with Crippen LogP contribution in [0.4, 0.5) is 68.2 Å². The zero-order valence-corrected chi connectivity index (χ0v) is 83.2. The van der Waals surface area contributed by atoms with Crippen molar-refractivity contribution >= 4 is 156 Å². The van der Waals surface area contributed by atoms with Crippen LogP contribution in [0.3, 0.4) is 0 Å². The van der Waals surface area contributed by atoms with Crippen LogP contribution in [-0.4, -0.2) is 13.4 Å². The Morgan fingerprint density at radius 2 is 0.674 bits per heavy atom. The van der Waals surface area contributed by atoms with Crippen molar-refractivity contribution in [1.82, 2.24) is 0 Å². The number of para-hydroxylation sites is 1. The monoisotopic (exact) mass is 1720 g/mol. The van der Waals surface area contributed by atoms with Gasteiger partial charge in [-0.05, 0) is 361 Å². The van der Waals surface area contributed by atoms with Crippen LogP contribution in [0, 0.1) is 34.6 Å². The molecule has 2 aromatic heterocycles. The number of hydrogen-bond donors (Lipinski definition) is 0. The molecule has 652 valence electrons. The molecule has 2 unspecified atom stereocenters. The minimum Gasteiger partial charge on any atom is -0.311 e. The maximum Gasteiger partial charge on any atom is 0.264 e. The molecule has 0 saturated carbocycles. The topological polar surface area (TPSA) is 13.0 Å². The Balaban J connectivity index is 0.720. The summed E-state index contributed by atoms with van der Waals surface area (Å²) in [6.07, 6.45) is 11.3. The predicted molar refractivity (Wildman–Crippen MR) is 563 cm³/mol. The first kappa shape index (κ1) is 84.4. The molecule has 0 spiro atoms. The normalized spacial score (nSPS) is 20.1. The number of fused-ring (bicyclic) bond motifs is 16. The van der Waals surface area contributed by atoms with Gasteiger partial charge < -0.3 is 19.6 Å². The van der Waals surface area contributed by atoms with Gasteiger partial charge in [0.2, 0.25) is 0 Å². The van der Waals surface area contributed by atoms with Gasteiger partial charge in [-0.3, -0.25) is 0 Å². The van der Waals surface area contributed by atoms with Crippen molar-refractivity contribution in [3.05, 3.63) is 296 Å². The summed E-state index contributed by atoms with van der Waals surface area (Å²) in [4.78, 5) is 11.0. The molecule has 0 amide bonds. The van der Waals surface area contributed by atoms with E-state index in [1.807, 2.05) is 0 Å². The Hall–Kier alpha value is -10.1. The van der Waals surface area contributed by atoms with Crippen LogP contribution in [-0.2, 0) is 54.1 Å². The van der Waals surface area contributed by atoms with E-state index in [0.717, 1.165) is 51.4 Å². The summed E-state index contributed by atoms with van der Waals surface area (Å²) in [5, 5.41) is 2.78. The second-order valence-corrected chi connectivity index (χ2v) is 49.9. The Labute approximate surface area is 779 Å². The van der Waals surface area contributed by atoms with Crippen molar-refractivity contribution in [2.45, 2.75) is 291 Å². The van der Waals surface area contributed by atoms with E-state index in [0.29, 0.717) is 0 Å². The SMILES string of the molecule is Cc1ccc(-c2ccc(C)cc2N2c3ccc(C(C)(C)C)cc3B3c4sc5cc6c(cc5c4N(c4ccc5c(c4)C(C)(CCC4(C)CCC(C)(C)c7cc8c9c(sc8cc74)B4c7cc(C(C)(C)C)ccc7N(c7ccccc7-c7ccccc7C)c7cc(C)cc(c74)N9c4ccc7c(c4)C(C)(C)CCC7(C)C)CCC5(C)C)c4cc(C)cc2c43)C(C)(C)CCC6(C)C)cc1. The lowest BCUT2D eigenvalue weighted by atomic mass is 9.36. The minimum absolute atomic E-state index is 0.00811. The molecule has 8 aliphatic rings. The fourth-order valence-electron chi connectivity index (χ4n) is 25.2. The van der Waals surface area contributed by atoms with Gasteiger partial charge in [-0.15, -0.1) is 22.7 Å². The van der Waals surface area contributed by atoms with Crippen LogP contribution in [0.2, 0.25) is 0 Å². The van der Waals surface area contributed by atoms with Crippen molar-refractivity contribution in [2.24, 2.45) is 0 Å². The molecule has 2 atom stereocenters. The van der Waals surface area contributed by atoms with Crippen LogP contribution in [0.1, 0.15) is 286 Å². The van der Waals surface area contributed by atoms with E-state index in [9.17, 15) is 0 Å². The number of anilines is 12. The third-order valence-electron chi connectivity index (χ3n) is 33.7. The van der Waals surface area contributed by atoms with Crippen LogP contribution in [0.15, 0.2) is 212 Å². The first-order chi connectivity index (χ1) is 60.9. The summed E-state index contributed by atoms with van der Waals surface area (Å²) < 4.78 is 5.71. The summed E-state index contributed by atoms with van der Waals surface area (Å²) in [7, 11) is 0. The average Bonchev–Trinajstić information content (AvgIpc) is 1.45. The summed E-state index contributed by atoms with van der Waals surface area (Å²) in [5.74, 6) is 0. The summed E-state index contributed by atoms with van der Waals surface area (Å²) >= 11 is 4.19. The van der Waals surface area contributed by atoms with Gasteiger partial charge in [0.15, 0.2) is 0 Å². The highest BCUT2D eigenvalue weighted by Crippen LogP contribution is 2.61. The fourth-order valence-corrected chi connectivity index (χ4v) is 27.9. The number of rotatable bonds is 9. The highest BCUT2D eigenvalue weighted by Gasteiger charge is 2.53. The highest BCUT2D eigenvalue weighted by molar-refractivity contribution is 7.34. The largest absolute Gasteiger partial charge is 0.311 e. The fraction of sp³-hybridized carbons (Fsp3) is 0.372. The van der Waals surface area contributed by atoms with Crippen molar-refractivity contribution < 1.29 is 0 Å². The predicted octanol–water partition coefficient (Wildman–Crippen LogP) is 30.6. The van der Waals surface area contributed by atoms with E-state index in [1.165, 1.54) is 233 Å².